The van der Waals surface area contributed by atoms with E-state index in [0.29, 0.717) is 33.8 Å². The summed E-state index contributed by atoms with van der Waals surface area (Å²) in [6.45, 7) is 3.98. The van der Waals surface area contributed by atoms with Crippen molar-refractivity contribution in [1.82, 2.24) is 9.97 Å². The van der Waals surface area contributed by atoms with E-state index in [-0.39, 0.29) is 25.1 Å². The lowest BCUT2D eigenvalue weighted by Crippen LogP contribution is -2.19. The van der Waals surface area contributed by atoms with Crippen LogP contribution in [0.25, 0.3) is 10.6 Å². The first kappa shape index (κ1) is 30.1. The molecule has 0 bridgehead atoms. The molecule has 0 spiro atoms. The van der Waals surface area contributed by atoms with Gasteiger partial charge in [0.25, 0.3) is 0 Å². The third-order valence-corrected chi connectivity index (χ3v) is 10.2. The number of anilines is 1. The normalized spacial score (nSPS) is 15.5. The van der Waals surface area contributed by atoms with Gasteiger partial charge in [-0.2, -0.15) is 13.2 Å². The maximum atomic E-state index is 13.4. The number of carbonyl (C=O) groups excluding carboxylic acids is 2. The standard InChI is InChI=1S/C26H28F3N3O5S3/c1-3-15-9-10-16-19(13-15)39-23(22(16)24(34)37-4-2)32-21(33)8-6-12-40(35,36)25-30-17(18-7-5-11-38-18)14-20(31-25)26(27,28)29/h5,7,11,14-15H,3-4,6,8-10,12-13H2,1-2H3,(H,32,33)/t15-/m0/s1. The highest BCUT2D eigenvalue weighted by Crippen LogP contribution is 2.41. The van der Waals surface area contributed by atoms with Gasteiger partial charge in [0.2, 0.25) is 20.9 Å². The van der Waals surface area contributed by atoms with Crippen LogP contribution in [-0.4, -0.2) is 42.6 Å². The molecule has 0 saturated carbocycles. The minimum absolute atomic E-state index is 0.146. The van der Waals surface area contributed by atoms with Crippen molar-refractivity contribution in [3.63, 3.8) is 0 Å². The quantitative estimate of drug-likeness (QED) is 0.214. The van der Waals surface area contributed by atoms with Crippen molar-refractivity contribution in [3.8, 4) is 10.6 Å². The smallest absolute Gasteiger partial charge is 0.433 e. The Morgan fingerprint density at radius 3 is 2.65 bits per heavy atom. The first-order valence-electron chi connectivity index (χ1n) is 12.8. The number of nitrogens with one attached hydrogen (secondary N) is 1. The van der Waals surface area contributed by atoms with Crippen LogP contribution >= 0.6 is 22.7 Å². The van der Waals surface area contributed by atoms with Gasteiger partial charge in [0.05, 0.1) is 28.5 Å². The summed E-state index contributed by atoms with van der Waals surface area (Å²) in [4.78, 5) is 34.0. The Labute approximate surface area is 237 Å². The number of hydrogen-bond donors (Lipinski definition) is 1. The molecule has 3 aromatic heterocycles. The van der Waals surface area contributed by atoms with Crippen LogP contribution in [0.2, 0.25) is 0 Å². The number of sulfone groups is 1. The topological polar surface area (TPSA) is 115 Å². The van der Waals surface area contributed by atoms with Crippen molar-refractivity contribution in [2.24, 2.45) is 5.92 Å². The fourth-order valence-corrected chi connectivity index (χ4v) is 7.71. The minimum Gasteiger partial charge on any atom is -0.462 e. The molecule has 216 valence electrons. The number of amides is 1. The lowest BCUT2D eigenvalue weighted by molar-refractivity contribution is -0.141. The number of carbonyl (C=O) groups is 2. The molecule has 40 heavy (non-hydrogen) atoms. The zero-order valence-corrected chi connectivity index (χ0v) is 24.3. The van der Waals surface area contributed by atoms with Crippen LogP contribution in [0.5, 0.6) is 0 Å². The monoisotopic (exact) mass is 615 g/mol. The zero-order chi connectivity index (χ0) is 29.1. The number of ether oxygens (including phenoxy) is 1. The number of halogens is 3. The molecular formula is C26H28F3N3O5S3. The van der Waals surface area contributed by atoms with Gasteiger partial charge in [-0.15, -0.1) is 22.7 Å². The van der Waals surface area contributed by atoms with Crippen LogP contribution in [0.4, 0.5) is 18.2 Å². The highest BCUT2D eigenvalue weighted by molar-refractivity contribution is 7.91. The summed E-state index contributed by atoms with van der Waals surface area (Å²) in [5.41, 5.74) is -0.280. The Bertz CT molecular complexity index is 1480. The fourth-order valence-electron chi connectivity index (χ4n) is 4.47. The summed E-state index contributed by atoms with van der Waals surface area (Å²) >= 11 is 2.44. The Morgan fingerprint density at radius 2 is 2.00 bits per heavy atom. The number of fused-ring (bicyclic) bond motifs is 1. The number of rotatable bonds is 10. The minimum atomic E-state index is -4.87. The molecule has 0 fully saturated rings. The zero-order valence-electron chi connectivity index (χ0n) is 21.8. The summed E-state index contributed by atoms with van der Waals surface area (Å²) < 4.78 is 71.3. The fraction of sp³-hybridized carbons (Fsp3) is 0.462. The van der Waals surface area contributed by atoms with Gasteiger partial charge in [-0.05, 0) is 61.6 Å². The van der Waals surface area contributed by atoms with Crippen LogP contribution in [0.3, 0.4) is 0 Å². The lowest BCUT2D eigenvalue weighted by atomic mass is 9.85. The molecule has 3 aromatic rings. The van der Waals surface area contributed by atoms with Crippen LogP contribution in [0.1, 0.15) is 66.0 Å². The van der Waals surface area contributed by atoms with E-state index in [1.807, 2.05) is 0 Å². The van der Waals surface area contributed by atoms with E-state index in [9.17, 15) is 31.2 Å². The molecule has 4 rings (SSSR count). The summed E-state index contributed by atoms with van der Waals surface area (Å²) in [5, 5.41) is 3.80. The number of hydrogen-bond acceptors (Lipinski definition) is 9. The summed E-state index contributed by atoms with van der Waals surface area (Å²) in [6, 6.07) is 3.85. The second kappa shape index (κ2) is 12.4. The maximum Gasteiger partial charge on any atom is 0.433 e. The van der Waals surface area contributed by atoms with E-state index in [1.54, 1.807) is 18.4 Å². The van der Waals surface area contributed by atoms with Crippen molar-refractivity contribution in [2.75, 3.05) is 17.7 Å². The van der Waals surface area contributed by atoms with E-state index < -0.39 is 44.5 Å². The summed E-state index contributed by atoms with van der Waals surface area (Å²) in [6.07, 6.45) is -1.83. The van der Waals surface area contributed by atoms with Gasteiger partial charge >= 0.3 is 12.1 Å². The second-order valence-corrected chi connectivity index (χ2v) is 13.4. The molecule has 1 aliphatic carbocycles. The van der Waals surface area contributed by atoms with Crippen molar-refractivity contribution >= 4 is 49.4 Å². The third kappa shape index (κ3) is 6.89. The average molecular weight is 616 g/mol. The molecular weight excluding hydrogens is 587 g/mol. The Balaban J connectivity index is 1.48. The van der Waals surface area contributed by atoms with Gasteiger partial charge < -0.3 is 10.1 Å². The predicted octanol–water partition coefficient (Wildman–Crippen LogP) is 6.17. The average Bonchev–Trinajstić information content (AvgIpc) is 3.55. The van der Waals surface area contributed by atoms with Gasteiger partial charge in [0.15, 0.2) is 0 Å². The second-order valence-electron chi connectivity index (χ2n) is 9.31. The third-order valence-electron chi connectivity index (χ3n) is 6.54. The van der Waals surface area contributed by atoms with Gasteiger partial charge in [0.1, 0.15) is 10.7 Å². The van der Waals surface area contributed by atoms with Gasteiger partial charge in [-0.1, -0.05) is 19.4 Å². The molecule has 1 aliphatic rings. The van der Waals surface area contributed by atoms with Crippen LogP contribution < -0.4 is 5.32 Å². The van der Waals surface area contributed by atoms with E-state index >= 15 is 0 Å². The van der Waals surface area contributed by atoms with Gasteiger partial charge in [-0.3, -0.25) is 4.79 Å². The number of thiophene rings is 2. The van der Waals surface area contributed by atoms with Crippen LogP contribution in [0, 0.1) is 5.92 Å². The largest absolute Gasteiger partial charge is 0.462 e. The SMILES string of the molecule is CCOC(=O)c1c(NC(=O)CCCS(=O)(=O)c2nc(-c3cccs3)cc(C(F)(F)F)n2)sc2c1CC[C@H](CC)C2. The predicted molar refractivity (Wildman–Crippen MR) is 146 cm³/mol. The van der Waals surface area contributed by atoms with E-state index in [1.165, 1.54) is 17.4 Å². The van der Waals surface area contributed by atoms with E-state index in [4.69, 9.17) is 4.74 Å². The maximum absolute atomic E-state index is 13.4. The first-order chi connectivity index (χ1) is 18.9. The Kier molecular flexibility index (Phi) is 9.30. The number of alkyl halides is 3. The molecule has 0 saturated heterocycles. The molecule has 1 N–H and O–H groups in total. The Hall–Kier alpha value is -2.84. The summed E-state index contributed by atoms with van der Waals surface area (Å²) in [7, 11) is -4.33. The molecule has 0 aliphatic heterocycles. The molecule has 3 heterocycles. The van der Waals surface area contributed by atoms with E-state index in [0.717, 1.165) is 41.0 Å². The van der Waals surface area contributed by atoms with Crippen molar-refractivity contribution < 1.29 is 35.9 Å². The van der Waals surface area contributed by atoms with Gasteiger partial charge in [-0.25, -0.2) is 23.2 Å². The molecule has 14 heteroatoms. The highest BCUT2D eigenvalue weighted by Gasteiger charge is 2.36. The molecule has 0 unspecified atom stereocenters. The van der Waals surface area contributed by atoms with Gasteiger partial charge in [0, 0.05) is 11.3 Å². The highest BCUT2D eigenvalue weighted by atomic mass is 32.2. The molecule has 8 nitrogen and oxygen atoms in total. The summed E-state index contributed by atoms with van der Waals surface area (Å²) in [5.74, 6) is -1.17. The number of esters is 1. The Morgan fingerprint density at radius 1 is 1.23 bits per heavy atom. The lowest BCUT2D eigenvalue weighted by Gasteiger charge is -2.20. The van der Waals surface area contributed by atoms with Crippen LogP contribution in [-0.2, 0) is 38.4 Å². The number of nitrogens with zero attached hydrogens (tertiary/aromatic N) is 2. The first-order valence-corrected chi connectivity index (χ1v) is 16.1. The van der Waals surface area contributed by atoms with Crippen molar-refractivity contribution in [2.45, 2.75) is 63.7 Å². The van der Waals surface area contributed by atoms with Crippen molar-refractivity contribution in [3.05, 3.63) is 45.3 Å². The molecule has 1 atom stereocenters. The van der Waals surface area contributed by atoms with Crippen molar-refractivity contribution in [1.29, 1.82) is 0 Å². The van der Waals surface area contributed by atoms with E-state index in [2.05, 4.69) is 22.2 Å². The molecule has 1 amide bonds. The number of aromatic nitrogens is 2. The molecule has 0 aromatic carbocycles. The van der Waals surface area contributed by atoms with Crippen LogP contribution in [0.15, 0.2) is 28.7 Å². The molecule has 0 radical (unpaired) electrons.